The first kappa shape index (κ1) is 13.1. The molecule has 0 unspecified atom stereocenters. The van der Waals surface area contributed by atoms with E-state index in [0.717, 1.165) is 35.0 Å². The number of rotatable bonds is 5. The maximum atomic E-state index is 5.28. The van der Waals surface area contributed by atoms with Crippen molar-refractivity contribution in [2.45, 2.75) is 26.2 Å². The minimum atomic E-state index is 0.313. The fourth-order valence-corrected chi connectivity index (χ4v) is 1.95. The number of nitrogens with zero attached hydrogens (tertiary/aromatic N) is 2. The largest absolute Gasteiger partial charge is 0.469 e. The standard InChI is InChI=1S/C13H16BrN3O/c1-9(2)13-16-11(14)8-12(17-13)15-6-5-10-4-3-7-18-10/h3-4,7-9H,5-6H2,1-2H3,(H,15,16,17). The van der Waals surface area contributed by atoms with Crippen LogP contribution in [-0.2, 0) is 6.42 Å². The van der Waals surface area contributed by atoms with Gasteiger partial charge in [0.15, 0.2) is 0 Å². The van der Waals surface area contributed by atoms with Gasteiger partial charge in [-0.05, 0) is 28.1 Å². The molecule has 2 rings (SSSR count). The number of aromatic nitrogens is 2. The third kappa shape index (κ3) is 3.57. The van der Waals surface area contributed by atoms with Gasteiger partial charge >= 0.3 is 0 Å². The van der Waals surface area contributed by atoms with Crippen molar-refractivity contribution >= 4 is 21.7 Å². The van der Waals surface area contributed by atoms with E-state index in [2.05, 4.69) is 45.1 Å². The van der Waals surface area contributed by atoms with Gasteiger partial charge in [-0.1, -0.05) is 13.8 Å². The highest BCUT2D eigenvalue weighted by atomic mass is 79.9. The van der Waals surface area contributed by atoms with Crippen molar-refractivity contribution < 1.29 is 4.42 Å². The summed E-state index contributed by atoms with van der Waals surface area (Å²) in [6.45, 7) is 4.94. The maximum absolute atomic E-state index is 5.28. The smallest absolute Gasteiger partial charge is 0.134 e. The quantitative estimate of drug-likeness (QED) is 0.857. The average Bonchev–Trinajstić information content (AvgIpc) is 2.81. The molecule has 0 saturated heterocycles. The van der Waals surface area contributed by atoms with Crippen molar-refractivity contribution in [3.05, 3.63) is 40.7 Å². The number of hydrogen-bond donors (Lipinski definition) is 1. The highest BCUT2D eigenvalue weighted by Gasteiger charge is 2.06. The van der Waals surface area contributed by atoms with Gasteiger partial charge in [0.2, 0.25) is 0 Å². The molecule has 0 radical (unpaired) electrons. The van der Waals surface area contributed by atoms with Gasteiger partial charge in [0.25, 0.3) is 0 Å². The molecule has 4 nitrogen and oxygen atoms in total. The normalized spacial score (nSPS) is 10.9. The molecule has 0 aliphatic carbocycles. The Morgan fingerprint density at radius 3 is 2.89 bits per heavy atom. The topological polar surface area (TPSA) is 51.0 Å². The highest BCUT2D eigenvalue weighted by molar-refractivity contribution is 9.10. The van der Waals surface area contributed by atoms with Crippen molar-refractivity contribution in [3.8, 4) is 0 Å². The summed E-state index contributed by atoms with van der Waals surface area (Å²) in [5, 5.41) is 3.28. The molecule has 0 fully saturated rings. The second kappa shape index (κ2) is 6.00. The van der Waals surface area contributed by atoms with Crippen LogP contribution in [0, 0.1) is 0 Å². The van der Waals surface area contributed by atoms with Crippen molar-refractivity contribution in [1.82, 2.24) is 9.97 Å². The Kier molecular flexibility index (Phi) is 4.36. The average molecular weight is 310 g/mol. The fraction of sp³-hybridized carbons (Fsp3) is 0.385. The van der Waals surface area contributed by atoms with E-state index in [4.69, 9.17) is 4.42 Å². The Hall–Kier alpha value is -1.36. The van der Waals surface area contributed by atoms with Gasteiger partial charge in [-0.3, -0.25) is 0 Å². The van der Waals surface area contributed by atoms with E-state index in [1.807, 2.05) is 18.2 Å². The number of furan rings is 1. The summed E-state index contributed by atoms with van der Waals surface area (Å²) in [6, 6.07) is 5.75. The van der Waals surface area contributed by atoms with Crippen molar-refractivity contribution in [1.29, 1.82) is 0 Å². The van der Waals surface area contributed by atoms with Crippen LogP contribution in [0.4, 0.5) is 5.82 Å². The molecule has 96 valence electrons. The Bertz CT molecular complexity index is 497. The highest BCUT2D eigenvalue weighted by Crippen LogP contribution is 2.17. The minimum absolute atomic E-state index is 0.313. The van der Waals surface area contributed by atoms with Crippen LogP contribution in [0.2, 0.25) is 0 Å². The first-order valence-electron chi connectivity index (χ1n) is 5.96. The van der Waals surface area contributed by atoms with E-state index in [1.165, 1.54) is 0 Å². The molecular weight excluding hydrogens is 294 g/mol. The zero-order valence-electron chi connectivity index (χ0n) is 10.5. The van der Waals surface area contributed by atoms with Crippen LogP contribution in [0.15, 0.2) is 33.5 Å². The van der Waals surface area contributed by atoms with Gasteiger partial charge in [0, 0.05) is 24.9 Å². The van der Waals surface area contributed by atoms with E-state index >= 15 is 0 Å². The zero-order valence-corrected chi connectivity index (χ0v) is 12.1. The van der Waals surface area contributed by atoms with E-state index in [1.54, 1.807) is 6.26 Å². The lowest BCUT2D eigenvalue weighted by molar-refractivity contribution is 0.513. The molecule has 0 bridgehead atoms. The van der Waals surface area contributed by atoms with E-state index in [0.29, 0.717) is 5.92 Å². The monoisotopic (exact) mass is 309 g/mol. The molecule has 0 amide bonds. The van der Waals surface area contributed by atoms with Crippen LogP contribution in [0.3, 0.4) is 0 Å². The summed E-state index contributed by atoms with van der Waals surface area (Å²) >= 11 is 3.40. The molecule has 0 atom stereocenters. The van der Waals surface area contributed by atoms with Crippen LogP contribution in [-0.4, -0.2) is 16.5 Å². The fourth-order valence-electron chi connectivity index (χ4n) is 1.55. The van der Waals surface area contributed by atoms with Gasteiger partial charge in [-0.25, -0.2) is 9.97 Å². The van der Waals surface area contributed by atoms with Gasteiger partial charge in [0.1, 0.15) is 22.0 Å². The molecule has 0 aliphatic heterocycles. The first-order chi connectivity index (χ1) is 8.65. The van der Waals surface area contributed by atoms with Gasteiger partial charge in [-0.15, -0.1) is 0 Å². The lowest BCUT2D eigenvalue weighted by Crippen LogP contribution is -2.08. The second-order valence-electron chi connectivity index (χ2n) is 4.34. The molecular formula is C13H16BrN3O. The lowest BCUT2D eigenvalue weighted by Gasteiger charge is -2.09. The summed E-state index contributed by atoms with van der Waals surface area (Å²) in [4.78, 5) is 8.81. The Morgan fingerprint density at radius 2 is 2.22 bits per heavy atom. The van der Waals surface area contributed by atoms with Crippen molar-refractivity contribution in [2.24, 2.45) is 0 Å². The first-order valence-corrected chi connectivity index (χ1v) is 6.75. The molecule has 5 heteroatoms. The predicted octanol–water partition coefficient (Wildman–Crippen LogP) is 3.61. The van der Waals surface area contributed by atoms with Crippen molar-refractivity contribution in [3.63, 3.8) is 0 Å². The second-order valence-corrected chi connectivity index (χ2v) is 5.16. The van der Waals surface area contributed by atoms with Crippen molar-refractivity contribution in [2.75, 3.05) is 11.9 Å². The third-order valence-corrected chi connectivity index (χ3v) is 2.89. The zero-order chi connectivity index (χ0) is 13.0. The van der Waals surface area contributed by atoms with Gasteiger partial charge < -0.3 is 9.73 Å². The van der Waals surface area contributed by atoms with Crippen LogP contribution >= 0.6 is 15.9 Å². The number of nitrogens with one attached hydrogen (secondary N) is 1. The van der Waals surface area contributed by atoms with Crippen LogP contribution in [0.1, 0.15) is 31.4 Å². The van der Waals surface area contributed by atoms with E-state index in [9.17, 15) is 0 Å². The summed E-state index contributed by atoms with van der Waals surface area (Å²) in [5.41, 5.74) is 0. The lowest BCUT2D eigenvalue weighted by atomic mass is 10.2. The molecule has 2 aromatic rings. The van der Waals surface area contributed by atoms with Gasteiger partial charge in [0.05, 0.1) is 6.26 Å². The summed E-state index contributed by atoms with van der Waals surface area (Å²) in [5.74, 6) is 2.96. The molecule has 0 aromatic carbocycles. The molecule has 0 aliphatic rings. The predicted molar refractivity (Wildman–Crippen MR) is 74.7 cm³/mol. The summed E-state index contributed by atoms with van der Waals surface area (Å²) in [7, 11) is 0. The Balaban J connectivity index is 1.96. The SMILES string of the molecule is CC(C)c1nc(Br)cc(NCCc2ccco2)n1. The molecule has 2 aromatic heterocycles. The summed E-state index contributed by atoms with van der Waals surface area (Å²) < 4.78 is 6.08. The minimum Gasteiger partial charge on any atom is -0.469 e. The molecule has 0 spiro atoms. The molecule has 2 heterocycles. The van der Waals surface area contributed by atoms with Crippen LogP contribution < -0.4 is 5.32 Å². The number of halogens is 1. The van der Waals surface area contributed by atoms with Crippen LogP contribution in [0.5, 0.6) is 0 Å². The van der Waals surface area contributed by atoms with E-state index in [-0.39, 0.29) is 0 Å². The van der Waals surface area contributed by atoms with E-state index < -0.39 is 0 Å². The molecule has 1 N–H and O–H groups in total. The van der Waals surface area contributed by atoms with Gasteiger partial charge in [-0.2, -0.15) is 0 Å². The van der Waals surface area contributed by atoms with Crippen LogP contribution in [0.25, 0.3) is 0 Å². The molecule has 0 saturated carbocycles. The number of anilines is 1. The molecule has 18 heavy (non-hydrogen) atoms. The summed E-state index contributed by atoms with van der Waals surface area (Å²) in [6.07, 6.45) is 2.53. The number of hydrogen-bond acceptors (Lipinski definition) is 4. The maximum Gasteiger partial charge on any atom is 0.134 e. The third-order valence-electron chi connectivity index (χ3n) is 2.49. The Morgan fingerprint density at radius 1 is 1.39 bits per heavy atom. The Labute approximate surface area is 115 Å².